The van der Waals surface area contributed by atoms with E-state index in [9.17, 15) is 13.2 Å². The zero-order valence-electron chi connectivity index (χ0n) is 17.9. The predicted octanol–water partition coefficient (Wildman–Crippen LogP) is 3.79. The van der Waals surface area contributed by atoms with Crippen LogP contribution in [0.4, 0.5) is 5.69 Å². The Hall–Kier alpha value is -2.75. The van der Waals surface area contributed by atoms with Crippen molar-refractivity contribution in [2.24, 2.45) is 0 Å². The van der Waals surface area contributed by atoms with Gasteiger partial charge in [-0.3, -0.25) is 10.1 Å². The number of ether oxygens (including phenoxy) is 1. The normalized spacial score (nSPS) is 14.8. The molecule has 1 heterocycles. The summed E-state index contributed by atoms with van der Waals surface area (Å²) in [7, 11) is -3.48. The Kier molecular flexibility index (Phi) is 8.38. The fourth-order valence-electron chi connectivity index (χ4n) is 3.29. The van der Waals surface area contributed by atoms with Gasteiger partial charge in [0.05, 0.1) is 11.5 Å². The van der Waals surface area contributed by atoms with Gasteiger partial charge in [-0.2, -0.15) is 4.31 Å². The molecule has 2 aromatic rings. The summed E-state index contributed by atoms with van der Waals surface area (Å²) in [5.41, 5.74) is 1.44. The fraction of sp³-hybridized carbons (Fsp3) is 0.304. The number of rotatable bonds is 7. The van der Waals surface area contributed by atoms with Gasteiger partial charge in [0.2, 0.25) is 15.9 Å². The molecule has 170 valence electrons. The standard InChI is InChI=1S/C23H27N3O4S2/c1-2-30-20-11-6-18(7-12-20)8-15-22(27)25-23(31)24-19-9-13-21(14-10-19)32(28,29)26-16-4-3-5-17-26/h6-15H,2-5,16-17H2,1H3,(H2,24,25,27,31)/b15-8+. The smallest absolute Gasteiger partial charge is 0.250 e. The summed E-state index contributed by atoms with van der Waals surface area (Å²) in [6.45, 7) is 3.63. The first-order valence-corrected chi connectivity index (χ1v) is 12.4. The van der Waals surface area contributed by atoms with Crippen molar-refractivity contribution in [2.75, 3.05) is 25.0 Å². The van der Waals surface area contributed by atoms with Crippen molar-refractivity contribution in [1.82, 2.24) is 9.62 Å². The highest BCUT2D eigenvalue weighted by atomic mass is 32.2. The fourth-order valence-corrected chi connectivity index (χ4v) is 5.03. The highest BCUT2D eigenvalue weighted by molar-refractivity contribution is 7.89. The van der Waals surface area contributed by atoms with Gasteiger partial charge >= 0.3 is 0 Å². The molecular weight excluding hydrogens is 446 g/mol. The molecule has 0 aromatic heterocycles. The SMILES string of the molecule is CCOc1ccc(/C=C/C(=O)NC(=S)Nc2ccc(S(=O)(=O)N3CCCCC3)cc2)cc1. The number of hydrogen-bond donors (Lipinski definition) is 2. The highest BCUT2D eigenvalue weighted by Gasteiger charge is 2.25. The molecule has 1 amide bonds. The van der Waals surface area contributed by atoms with Crippen LogP contribution in [0.25, 0.3) is 6.08 Å². The van der Waals surface area contributed by atoms with Crippen LogP contribution in [0.1, 0.15) is 31.7 Å². The third kappa shape index (κ3) is 6.62. The maximum Gasteiger partial charge on any atom is 0.250 e. The number of amides is 1. The van der Waals surface area contributed by atoms with Gasteiger partial charge in [0.1, 0.15) is 5.75 Å². The van der Waals surface area contributed by atoms with Gasteiger partial charge in [0.25, 0.3) is 0 Å². The van der Waals surface area contributed by atoms with E-state index in [0.29, 0.717) is 25.4 Å². The molecule has 7 nitrogen and oxygen atoms in total. The largest absolute Gasteiger partial charge is 0.494 e. The summed E-state index contributed by atoms with van der Waals surface area (Å²) in [6, 6.07) is 13.7. The summed E-state index contributed by atoms with van der Waals surface area (Å²) in [4.78, 5) is 12.4. The third-order valence-corrected chi connectivity index (χ3v) is 7.04. The lowest BCUT2D eigenvalue weighted by atomic mass is 10.2. The number of anilines is 1. The van der Waals surface area contributed by atoms with Gasteiger partial charge < -0.3 is 10.1 Å². The minimum atomic E-state index is -3.48. The van der Waals surface area contributed by atoms with E-state index in [1.807, 2.05) is 31.2 Å². The average Bonchev–Trinajstić information content (AvgIpc) is 2.80. The van der Waals surface area contributed by atoms with E-state index in [1.165, 1.54) is 10.4 Å². The maximum atomic E-state index is 12.7. The minimum Gasteiger partial charge on any atom is -0.494 e. The average molecular weight is 474 g/mol. The van der Waals surface area contributed by atoms with Crippen molar-refractivity contribution in [3.05, 3.63) is 60.2 Å². The Morgan fingerprint density at radius 1 is 1.06 bits per heavy atom. The molecule has 1 aliphatic rings. The van der Waals surface area contributed by atoms with E-state index in [1.54, 1.807) is 30.3 Å². The number of nitrogens with zero attached hydrogens (tertiary/aromatic N) is 1. The number of benzene rings is 2. The lowest BCUT2D eigenvalue weighted by Crippen LogP contribution is -2.35. The molecule has 0 radical (unpaired) electrons. The molecule has 32 heavy (non-hydrogen) atoms. The molecule has 1 fully saturated rings. The molecule has 3 rings (SSSR count). The quantitative estimate of drug-likeness (QED) is 0.470. The summed E-state index contributed by atoms with van der Waals surface area (Å²) < 4.78 is 32.3. The molecule has 0 saturated carbocycles. The summed E-state index contributed by atoms with van der Waals surface area (Å²) >= 11 is 5.18. The Bertz CT molecular complexity index is 1060. The van der Waals surface area contributed by atoms with Gasteiger partial charge in [-0.1, -0.05) is 18.6 Å². The van der Waals surface area contributed by atoms with Crippen molar-refractivity contribution >= 4 is 45.0 Å². The number of carbonyl (C=O) groups is 1. The number of carbonyl (C=O) groups excluding carboxylic acids is 1. The minimum absolute atomic E-state index is 0.123. The second-order valence-corrected chi connectivity index (χ2v) is 9.61. The number of nitrogens with one attached hydrogen (secondary N) is 2. The number of hydrogen-bond acceptors (Lipinski definition) is 5. The lowest BCUT2D eigenvalue weighted by Gasteiger charge is -2.25. The van der Waals surface area contributed by atoms with Crippen LogP contribution in [0.2, 0.25) is 0 Å². The van der Waals surface area contributed by atoms with Gasteiger partial charge in [0.15, 0.2) is 5.11 Å². The van der Waals surface area contributed by atoms with Crippen molar-refractivity contribution in [1.29, 1.82) is 0 Å². The molecule has 1 saturated heterocycles. The number of piperidine rings is 1. The molecule has 0 aliphatic carbocycles. The summed E-state index contributed by atoms with van der Waals surface area (Å²) in [5.74, 6) is 0.398. The van der Waals surface area contributed by atoms with Gasteiger partial charge in [-0.15, -0.1) is 0 Å². The van der Waals surface area contributed by atoms with E-state index < -0.39 is 10.0 Å². The molecule has 0 atom stereocenters. The maximum absolute atomic E-state index is 12.7. The van der Waals surface area contributed by atoms with E-state index in [0.717, 1.165) is 30.6 Å². The monoisotopic (exact) mass is 473 g/mol. The van der Waals surface area contributed by atoms with Crippen molar-refractivity contribution in [3.8, 4) is 5.75 Å². The van der Waals surface area contributed by atoms with Gasteiger partial charge in [-0.25, -0.2) is 8.42 Å². The molecular formula is C23H27N3O4S2. The van der Waals surface area contributed by atoms with Gasteiger partial charge in [-0.05, 0) is 80.0 Å². The number of thiocarbonyl (C=S) groups is 1. The molecule has 0 spiro atoms. The third-order valence-electron chi connectivity index (χ3n) is 4.92. The van der Waals surface area contributed by atoms with Crippen LogP contribution >= 0.6 is 12.2 Å². The second-order valence-electron chi connectivity index (χ2n) is 7.27. The molecule has 1 aliphatic heterocycles. The first kappa shape index (κ1) is 23.9. The van der Waals surface area contributed by atoms with Crippen LogP contribution in [0.3, 0.4) is 0 Å². The Labute approximate surface area is 194 Å². The van der Waals surface area contributed by atoms with Crippen molar-refractivity contribution in [2.45, 2.75) is 31.1 Å². The summed E-state index contributed by atoms with van der Waals surface area (Å²) in [6.07, 6.45) is 5.90. The van der Waals surface area contributed by atoms with Crippen molar-refractivity contribution in [3.63, 3.8) is 0 Å². The molecule has 0 unspecified atom stereocenters. The molecule has 9 heteroatoms. The van der Waals surface area contributed by atoms with Gasteiger partial charge in [0, 0.05) is 24.9 Å². The zero-order valence-corrected chi connectivity index (χ0v) is 19.5. The Balaban J connectivity index is 1.52. The molecule has 2 aromatic carbocycles. The van der Waals surface area contributed by atoms with Crippen molar-refractivity contribution < 1.29 is 17.9 Å². The summed E-state index contributed by atoms with van der Waals surface area (Å²) in [5, 5.41) is 5.58. The highest BCUT2D eigenvalue weighted by Crippen LogP contribution is 2.22. The van der Waals surface area contributed by atoms with E-state index in [4.69, 9.17) is 17.0 Å². The number of sulfonamides is 1. The topological polar surface area (TPSA) is 87.7 Å². The first-order chi connectivity index (χ1) is 15.4. The second kappa shape index (κ2) is 11.2. The Morgan fingerprint density at radius 2 is 1.72 bits per heavy atom. The van der Waals surface area contributed by atoms with E-state index in [2.05, 4.69) is 10.6 Å². The predicted molar refractivity (Wildman–Crippen MR) is 130 cm³/mol. The van der Waals surface area contributed by atoms with E-state index in [-0.39, 0.29) is 15.9 Å². The van der Waals surface area contributed by atoms with Crippen LogP contribution < -0.4 is 15.4 Å². The first-order valence-electron chi connectivity index (χ1n) is 10.5. The van der Waals surface area contributed by atoms with Crippen LogP contribution in [0, 0.1) is 0 Å². The van der Waals surface area contributed by atoms with Crippen LogP contribution in [-0.2, 0) is 14.8 Å². The molecule has 2 N–H and O–H groups in total. The zero-order chi connectivity index (χ0) is 23.0. The van der Waals surface area contributed by atoms with Crippen LogP contribution in [0.5, 0.6) is 5.75 Å². The Morgan fingerprint density at radius 3 is 2.34 bits per heavy atom. The van der Waals surface area contributed by atoms with Crippen LogP contribution in [0.15, 0.2) is 59.5 Å². The van der Waals surface area contributed by atoms with Crippen LogP contribution in [-0.4, -0.2) is 43.4 Å². The van der Waals surface area contributed by atoms with E-state index >= 15 is 0 Å². The molecule has 0 bridgehead atoms. The lowest BCUT2D eigenvalue weighted by molar-refractivity contribution is -0.115.